The van der Waals surface area contributed by atoms with Gasteiger partial charge in [0.1, 0.15) is 0 Å². The van der Waals surface area contributed by atoms with Crippen LogP contribution in [-0.4, -0.2) is 16.2 Å². The molecule has 12 heavy (non-hydrogen) atoms. The summed E-state index contributed by atoms with van der Waals surface area (Å²) < 4.78 is 0. The lowest BCUT2D eigenvalue weighted by atomic mass is 10.2. The number of carbonyl (C=O) groups excluding carboxylic acids is 1. The van der Waals surface area contributed by atoms with Gasteiger partial charge in [0.15, 0.2) is 6.29 Å². The molecule has 6 heteroatoms. The molecule has 0 aliphatic heterocycles. The average Bonchev–Trinajstić information content (AvgIpc) is 2.03. The molecule has 0 unspecified atom stereocenters. The summed E-state index contributed by atoms with van der Waals surface area (Å²) in [6.07, 6.45) is 1.17. The van der Waals surface area contributed by atoms with Crippen LogP contribution in [0.15, 0.2) is 17.1 Å². The zero-order valence-corrected chi connectivity index (χ0v) is 5.81. The largest absolute Gasteiger partial charge is 0.323 e. The van der Waals surface area contributed by atoms with E-state index < -0.39 is 16.2 Å². The van der Waals surface area contributed by atoms with Crippen LogP contribution in [0.5, 0.6) is 0 Å². The molecular formula is C6H4N2O4. The first-order valence-electron chi connectivity index (χ1n) is 2.97. The Labute approximate surface area is 66.0 Å². The number of rotatable bonds is 2. The molecule has 0 atom stereocenters. The molecule has 1 rings (SSSR count). The van der Waals surface area contributed by atoms with E-state index in [1.165, 1.54) is 0 Å². The third-order valence-corrected chi connectivity index (χ3v) is 1.26. The Hall–Kier alpha value is -1.98. The molecule has 0 saturated carbocycles. The maximum atomic E-state index is 10.6. The number of hydrogen-bond donors (Lipinski definition) is 1. The van der Waals surface area contributed by atoms with Crippen LogP contribution >= 0.6 is 0 Å². The van der Waals surface area contributed by atoms with Crippen LogP contribution in [0.2, 0.25) is 0 Å². The Morgan fingerprint density at radius 3 is 2.75 bits per heavy atom. The topological polar surface area (TPSA) is 93.1 Å². The first-order chi connectivity index (χ1) is 5.65. The van der Waals surface area contributed by atoms with Gasteiger partial charge in [-0.15, -0.1) is 0 Å². The van der Waals surface area contributed by atoms with Gasteiger partial charge >= 0.3 is 0 Å². The second kappa shape index (κ2) is 2.95. The summed E-state index contributed by atoms with van der Waals surface area (Å²) in [5.74, 6) is 0. The molecule has 1 aromatic heterocycles. The molecule has 1 aromatic rings. The summed E-state index contributed by atoms with van der Waals surface area (Å²) in [6.45, 7) is 0. The highest BCUT2D eigenvalue weighted by molar-refractivity contribution is 5.80. The summed E-state index contributed by atoms with van der Waals surface area (Å²) in [6, 6.07) is 0.880. The molecule has 62 valence electrons. The highest BCUT2D eigenvalue weighted by Crippen LogP contribution is 2.11. The molecule has 6 nitrogen and oxygen atoms in total. The van der Waals surface area contributed by atoms with E-state index in [1.54, 1.807) is 0 Å². The fraction of sp³-hybridized carbons (Fsp3) is 0. The highest BCUT2D eigenvalue weighted by atomic mass is 16.6. The molecule has 0 amide bonds. The molecule has 1 heterocycles. The van der Waals surface area contributed by atoms with Gasteiger partial charge in [0, 0.05) is 6.07 Å². The molecule has 0 aliphatic rings. The molecule has 0 bridgehead atoms. The maximum absolute atomic E-state index is 10.6. The van der Waals surface area contributed by atoms with Gasteiger partial charge in [0.25, 0.3) is 5.69 Å². The summed E-state index contributed by atoms with van der Waals surface area (Å²) in [5, 5.41) is 10.2. The number of nitrogens with zero attached hydrogens (tertiary/aromatic N) is 1. The monoisotopic (exact) mass is 168 g/mol. The third-order valence-electron chi connectivity index (χ3n) is 1.26. The van der Waals surface area contributed by atoms with Crippen molar-refractivity contribution in [2.75, 3.05) is 0 Å². The summed E-state index contributed by atoms with van der Waals surface area (Å²) in [4.78, 5) is 32.4. The van der Waals surface area contributed by atoms with Gasteiger partial charge in [-0.3, -0.25) is 19.7 Å². The summed E-state index contributed by atoms with van der Waals surface area (Å²) in [5.41, 5.74) is -1.16. The molecule has 0 aromatic carbocycles. The molecule has 0 radical (unpaired) electrons. The van der Waals surface area contributed by atoms with Crippen molar-refractivity contribution in [1.82, 2.24) is 4.98 Å². The minimum Gasteiger partial charge on any atom is -0.323 e. The van der Waals surface area contributed by atoms with Crippen LogP contribution in [-0.2, 0) is 0 Å². The van der Waals surface area contributed by atoms with Crippen LogP contribution < -0.4 is 5.56 Å². The van der Waals surface area contributed by atoms with Crippen molar-refractivity contribution < 1.29 is 9.72 Å². The maximum Gasteiger partial charge on any atom is 0.295 e. The van der Waals surface area contributed by atoms with E-state index in [9.17, 15) is 19.7 Å². The fourth-order valence-electron chi connectivity index (χ4n) is 0.732. The van der Waals surface area contributed by atoms with E-state index in [0.717, 1.165) is 12.3 Å². The van der Waals surface area contributed by atoms with Crippen LogP contribution in [0.25, 0.3) is 0 Å². The van der Waals surface area contributed by atoms with Crippen LogP contribution in [0.4, 0.5) is 5.69 Å². The van der Waals surface area contributed by atoms with E-state index in [1.807, 2.05) is 0 Å². The Morgan fingerprint density at radius 1 is 1.58 bits per heavy atom. The summed E-state index contributed by atoms with van der Waals surface area (Å²) in [7, 11) is 0. The lowest BCUT2D eigenvalue weighted by Gasteiger charge is -1.91. The van der Waals surface area contributed by atoms with Crippen molar-refractivity contribution in [1.29, 1.82) is 0 Å². The number of hydrogen-bond acceptors (Lipinski definition) is 4. The van der Waals surface area contributed by atoms with Gasteiger partial charge in [0.05, 0.1) is 16.7 Å². The molecule has 0 aliphatic carbocycles. The number of pyridine rings is 1. The van der Waals surface area contributed by atoms with Crippen molar-refractivity contribution in [3.8, 4) is 0 Å². The normalized spacial score (nSPS) is 9.33. The Kier molecular flexibility index (Phi) is 2.00. The Bertz CT molecular complexity index is 381. The number of aromatic nitrogens is 1. The van der Waals surface area contributed by atoms with E-state index in [-0.39, 0.29) is 11.8 Å². The van der Waals surface area contributed by atoms with Crippen molar-refractivity contribution in [2.45, 2.75) is 0 Å². The number of aromatic amines is 1. The van der Waals surface area contributed by atoms with Gasteiger partial charge in [0.2, 0.25) is 5.56 Å². The standard InChI is InChI=1S/C6H4N2O4/c9-3-4-1-6(10)7-2-5(4)8(11)12/h1-3H,(H,7,10). The van der Waals surface area contributed by atoms with Crippen molar-refractivity contribution in [2.24, 2.45) is 0 Å². The molecule has 1 N–H and O–H groups in total. The second-order valence-electron chi connectivity index (χ2n) is 2.01. The second-order valence-corrected chi connectivity index (χ2v) is 2.01. The van der Waals surface area contributed by atoms with Gasteiger partial charge in [-0.05, 0) is 0 Å². The lowest BCUT2D eigenvalue weighted by Crippen LogP contribution is -2.07. The zero-order chi connectivity index (χ0) is 9.14. The molecule has 0 saturated heterocycles. The van der Waals surface area contributed by atoms with Crippen LogP contribution in [0.1, 0.15) is 10.4 Å². The van der Waals surface area contributed by atoms with E-state index in [2.05, 4.69) is 4.98 Å². The first kappa shape index (κ1) is 8.12. The Morgan fingerprint density at radius 2 is 2.25 bits per heavy atom. The lowest BCUT2D eigenvalue weighted by molar-refractivity contribution is -0.385. The smallest absolute Gasteiger partial charge is 0.295 e. The number of aldehydes is 1. The zero-order valence-electron chi connectivity index (χ0n) is 5.81. The number of H-pyrrole nitrogens is 1. The van der Waals surface area contributed by atoms with Gasteiger partial charge in [-0.2, -0.15) is 0 Å². The third kappa shape index (κ3) is 1.36. The fourth-order valence-corrected chi connectivity index (χ4v) is 0.732. The first-order valence-corrected chi connectivity index (χ1v) is 2.97. The van der Waals surface area contributed by atoms with Gasteiger partial charge < -0.3 is 4.98 Å². The van der Waals surface area contributed by atoms with E-state index in [0.29, 0.717) is 0 Å². The quantitative estimate of drug-likeness (QED) is 0.385. The summed E-state index contributed by atoms with van der Waals surface area (Å²) >= 11 is 0. The minimum atomic E-state index is -0.736. The van der Waals surface area contributed by atoms with E-state index >= 15 is 0 Å². The molecule has 0 spiro atoms. The number of nitrogens with one attached hydrogen (secondary N) is 1. The molecular weight excluding hydrogens is 164 g/mol. The van der Waals surface area contributed by atoms with Crippen molar-refractivity contribution in [3.63, 3.8) is 0 Å². The van der Waals surface area contributed by atoms with Gasteiger partial charge in [-0.25, -0.2) is 0 Å². The van der Waals surface area contributed by atoms with Gasteiger partial charge in [-0.1, -0.05) is 0 Å². The average molecular weight is 168 g/mol. The Balaban J connectivity index is 3.39. The molecule has 0 fully saturated rings. The van der Waals surface area contributed by atoms with Crippen LogP contribution in [0.3, 0.4) is 0 Å². The SMILES string of the molecule is O=Cc1cc(=O)[nH]cc1[N+](=O)[O-]. The number of carbonyl (C=O) groups is 1. The predicted molar refractivity (Wildman–Crippen MR) is 39.1 cm³/mol. The van der Waals surface area contributed by atoms with E-state index in [4.69, 9.17) is 0 Å². The van der Waals surface area contributed by atoms with Crippen LogP contribution in [0, 0.1) is 10.1 Å². The highest BCUT2D eigenvalue weighted by Gasteiger charge is 2.12. The predicted octanol–water partition coefficient (Wildman–Crippen LogP) is 0.0956. The van der Waals surface area contributed by atoms with Crippen molar-refractivity contribution in [3.05, 3.63) is 38.3 Å². The minimum absolute atomic E-state index is 0.219. The van der Waals surface area contributed by atoms with Crippen molar-refractivity contribution >= 4 is 12.0 Å². The number of nitro groups is 1.